The van der Waals surface area contributed by atoms with Crippen molar-refractivity contribution in [3.8, 4) is 0 Å². The standard InChI is InChI=1S/C15H19NO4/c1-11(17)13-10-15(16(19)20,9-8-14(13,2)18)12-6-4-3-5-7-12/h3-7,13,18H,8-10H2,1-2H3/t13-,14+,15-/m1/s1. The maximum absolute atomic E-state index is 11.8. The first-order valence-electron chi connectivity index (χ1n) is 6.72. The van der Waals surface area contributed by atoms with E-state index in [9.17, 15) is 20.0 Å². The Morgan fingerprint density at radius 2 is 1.95 bits per heavy atom. The van der Waals surface area contributed by atoms with Gasteiger partial charge in [0.2, 0.25) is 5.54 Å². The lowest BCUT2D eigenvalue weighted by Crippen LogP contribution is -2.52. The summed E-state index contributed by atoms with van der Waals surface area (Å²) < 4.78 is 0. The average molecular weight is 277 g/mol. The molecule has 1 aliphatic rings. The quantitative estimate of drug-likeness (QED) is 0.679. The molecule has 5 heteroatoms. The van der Waals surface area contributed by atoms with Crippen LogP contribution in [0.5, 0.6) is 0 Å². The molecule has 1 aromatic rings. The number of hydrogen-bond donors (Lipinski definition) is 1. The lowest BCUT2D eigenvalue weighted by atomic mass is 9.65. The zero-order valence-corrected chi connectivity index (χ0v) is 11.7. The van der Waals surface area contributed by atoms with Gasteiger partial charge >= 0.3 is 0 Å². The van der Waals surface area contributed by atoms with Crippen LogP contribution >= 0.6 is 0 Å². The summed E-state index contributed by atoms with van der Waals surface area (Å²) in [4.78, 5) is 23.1. The molecule has 2 rings (SSSR count). The Balaban J connectivity index is 2.46. The third-order valence-corrected chi connectivity index (χ3v) is 4.49. The largest absolute Gasteiger partial charge is 0.389 e. The van der Waals surface area contributed by atoms with E-state index in [-0.39, 0.29) is 30.0 Å². The minimum atomic E-state index is -1.28. The maximum atomic E-state index is 11.8. The van der Waals surface area contributed by atoms with Gasteiger partial charge in [-0.1, -0.05) is 30.3 Å². The summed E-state index contributed by atoms with van der Waals surface area (Å²) >= 11 is 0. The number of ketones is 1. The fourth-order valence-electron chi connectivity index (χ4n) is 3.16. The molecule has 0 heterocycles. The number of Topliss-reactive ketones (excluding diaryl/α,β-unsaturated/α-hetero) is 1. The molecule has 1 fully saturated rings. The van der Waals surface area contributed by atoms with Gasteiger partial charge in [0.1, 0.15) is 5.78 Å². The van der Waals surface area contributed by atoms with Crippen LogP contribution in [0.4, 0.5) is 0 Å². The van der Waals surface area contributed by atoms with Gasteiger partial charge in [-0.15, -0.1) is 0 Å². The molecule has 1 aromatic carbocycles. The molecule has 1 saturated carbocycles. The Labute approximate surface area is 117 Å². The van der Waals surface area contributed by atoms with Crippen molar-refractivity contribution in [2.24, 2.45) is 5.92 Å². The fraction of sp³-hybridized carbons (Fsp3) is 0.533. The average Bonchev–Trinajstić information content (AvgIpc) is 2.39. The third kappa shape index (κ3) is 2.33. The predicted molar refractivity (Wildman–Crippen MR) is 73.8 cm³/mol. The van der Waals surface area contributed by atoms with Gasteiger partial charge in [-0.3, -0.25) is 14.9 Å². The Kier molecular flexibility index (Phi) is 3.65. The highest BCUT2D eigenvalue weighted by molar-refractivity contribution is 5.79. The second-order valence-corrected chi connectivity index (χ2v) is 5.88. The van der Waals surface area contributed by atoms with Crippen LogP contribution < -0.4 is 0 Å². The molecule has 108 valence electrons. The van der Waals surface area contributed by atoms with Gasteiger partial charge in [-0.2, -0.15) is 0 Å². The van der Waals surface area contributed by atoms with Crippen LogP contribution in [0.15, 0.2) is 30.3 Å². The van der Waals surface area contributed by atoms with E-state index in [1.54, 1.807) is 37.3 Å². The Morgan fingerprint density at radius 1 is 1.35 bits per heavy atom. The summed E-state index contributed by atoms with van der Waals surface area (Å²) in [5, 5.41) is 22.0. The molecule has 1 N–H and O–H groups in total. The topological polar surface area (TPSA) is 80.4 Å². The molecule has 0 bridgehead atoms. The van der Waals surface area contributed by atoms with Crippen LogP contribution in [0.2, 0.25) is 0 Å². The van der Waals surface area contributed by atoms with Crippen molar-refractivity contribution in [3.63, 3.8) is 0 Å². The highest BCUT2D eigenvalue weighted by Crippen LogP contribution is 2.46. The maximum Gasteiger partial charge on any atom is 0.248 e. The lowest BCUT2D eigenvalue weighted by Gasteiger charge is -2.42. The SMILES string of the molecule is CC(=O)[C@H]1C[C@](c2ccccc2)([N+](=O)[O-])CC[C@]1(C)O. The molecule has 0 spiro atoms. The zero-order chi connectivity index (χ0) is 15.0. The molecular weight excluding hydrogens is 258 g/mol. The Morgan fingerprint density at radius 3 is 2.45 bits per heavy atom. The molecule has 3 atom stereocenters. The number of nitrogens with zero attached hydrogens (tertiary/aromatic N) is 1. The van der Waals surface area contributed by atoms with Gasteiger partial charge in [-0.25, -0.2) is 0 Å². The molecule has 20 heavy (non-hydrogen) atoms. The number of hydrogen-bond acceptors (Lipinski definition) is 4. The second kappa shape index (κ2) is 4.98. The second-order valence-electron chi connectivity index (χ2n) is 5.88. The first-order valence-corrected chi connectivity index (χ1v) is 6.72. The van der Waals surface area contributed by atoms with Crippen molar-refractivity contribution in [2.45, 2.75) is 44.2 Å². The molecule has 0 aliphatic heterocycles. The van der Waals surface area contributed by atoms with Gasteiger partial charge in [0.15, 0.2) is 0 Å². The summed E-state index contributed by atoms with van der Waals surface area (Å²) in [6, 6.07) is 8.77. The molecule has 0 unspecified atom stereocenters. The van der Waals surface area contributed by atoms with Gasteiger partial charge in [0, 0.05) is 23.3 Å². The van der Waals surface area contributed by atoms with E-state index in [4.69, 9.17) is 0 Å². The van der Waals surface area contributed by atoms with E-state index in [1.165, 1.54) is 6.92 Å². The van der Waals surface area contributed by atoms with E-state index in [2.05, 4.69) is 0 Å². The highest BCUT2D eigenvalue weighted by atomic mass is 16.6. The van der Waals surface area contributed by atoms with Crippen LogP contribution in [-0.2, 0) is 10.3 Å². The predicted octanol–water partition coefficient (Wildman–Crippen LogP) is 2.30. The normalized spacial score (nSPS) is 33.6. The van der Waals surface area contributed by atoms with E-state index in [0.29, 0.717) is 5.56 Å². The molecule has 0 radical (unpaired) electrons. The van der Waals surface area contributed by atoms with Crippen molar-refractivity contribution in [1.29, 1.82) is 0 Å². The number of nitro groups is 1. The van der Waals surface area contributed by atoms with Gasteiger partial charge in [-0.05, 0) is 20.3 Å². The van der Waals surface area contributed by atoms with E-state index in [0.717, 1.165) is 0 Å². The number of aliphatic hydroxyl groups is 1. The van der Waals surface area contributed by atoms with E-state index >= 15 is 0 Å². The van der Waals surface area contributed by atoms with Gasteiger partial charge < -0.3 is 5.11 Å². The Hall–Kier alpha value is -1.75. The van der Waals surface area contributed by atoms with Crippen molar-refractivity contribution in [3.05, 3.63) is 46.0 Å². The number of carbonyl (C=O) groups is 1. The third-order valence-electron chi connectivity index (χ3n) is 4.49. The van der Waals surface area contributed by atoms with Crippen LogP contribution in [0.1, 0.15) is 38.7 Å². The van der Waals surface area contributed by atoms with Crippen molar-refractivity contribution >= 4 is 5.78 Å². The number of benzene rings is 1. The minimum absolute atomic E-state index is 0.0480. The summed E-state index contributed by atoms with van der Waals surface area (Å²) in [5.41, 5.74) is -1.84. The van der Waals surface area contributed by atoms with E-state index in [1.807, 2.05) is 0 Å². The minimum Gasteiger partial charge on any atom is -0.389 e. The summed E-state index contributed by atoms with van der Waals surface area (Å²) in [7, 11) is 0. The monoisotopic (exact) mass is 277 g/mol. The first-order chi connectivity index (χ1) is 9.29. The summed E-state index contributed by atoms with van der Waals surface area (Å²) in [6.07, 6.45) is 0.528. The fourth-order valence-corrected chi connectivity index (χ4v) is 3.16. The first kappa shape index (κ1) is 14.7. The van der Waals surface area contributed by atoms with Crippen LogP contribution in [0.25, 0.3) is 0 Å². The van der Waals surface area contributed by atoms with Crippen LogP contribution in [-0.4, -0.2) is 21.4 Å². The molecule has 0 amide bonds. The number of carbonyl (C=O) groups excluding carboxylic acids is 1. The molecular formula is C15H19NO4. The summed E-state index contributed by atoms with van der Waals surface area (Å²) in [5.74, 6) is -0.904. The smallest absolute Gasteiger partial charge is 0.248 e. The van der Waals surface area contributed by atoms with Gasteiger partial charge in [0.05, 0.1) is 11.5 Å². The van der Waals surface area contributed by atoms with Crippen molar-refractivity contribution in [2.75, 3.05) is 0 Å². The number of rotatable bonds is 3. The van der Waals surface area contributed by atoms with Crippen LogP contribution in [0, 0.1) is 16.0 Å². The van der Waals surface area contributed by atoms with E-state index < -0.39 is 17.1 Å². The van der Waals surface area contributed by atoms with Crippen molar-refractivity contribution < 1.29 is 14.8 Å². The molecule has 1 aliphatic carbocycles. The highest BCUT2D eigenvalue weighted by Gasteiger charge is 2.55. The molecule has 5 nitrogen and oxygen atoms in total. The van der Waals surface area contributed by atoms with Gasteiger partial charge in [0.25, 0.3) is 0 Å². The molecule has 0 aromatic heterocycles. The lowest BCUT2D eigenvalue weighted by molar-refractivity contribution is -0.588. The zero-order valence-electron chi connectivity index (χ0n) is 11.7. The summed E-state index contributed by atoms with van der Waals surface area (Å²) in [6.45, 7) is 2.98. The van der Waals surface area contributed by atoms with Crippen molar-refractivity contribution in [1.82, 2.24) is 0 Å². The van der Waals surface area contributed by atoms with Crippen LogP contribution in [0.3, 0.4) is 0 Å². The Bertz CT molecular complexity index is 526. The molecule has 0 saturated heterocycles.